The van der Waals surface area contributed by atoms with E-state index in [4.69, 9.17) is 21.1 Å². The maximum Gasteiger partial charge on any atom is 0.175 e. The van der Waals surface area contributed by atoms with Crippen LogP contribution in [0.3, 0.4) is 0 Å². The third kappa shape index (κ3) is 4.53. The molecule has 2 unspecified atom stereocenters. The van der Waals surface area contributed by atoms with E-state index in [1.54, 1.807) is 0 Å². The van der Waals surface area contributed by atoms with Gasteiger partial charge in [0.05, 0.1) is 17.2 Å². The third-order valence-electron chi connectivity index (χ3n) is 4.12. The maximum absolute atomic E-state index is 6.29. The molecule has 1 aromatic carbocycles. The summed E-state index contributed by atoms with van der Waals surface area (Å²) in [5, 5.41) is 0. The fourth-order valence-electron chi connectivity index (χ4n) is 2.96. The summed E-state index contributed by atoms with van der Waals surface area (Å²) in [6.07, 6.45) is 6.40. The Morgan fingerprint density at radius 2 is 2.10 bits per heavy atom. The first-order valence-corrected chi connectivity index (χ1v) is 9.18. The Morgan fingerprint density at radius 1 is 1.29 bits per heavy atom. The quantitative estimate of drug-likeness (QED) is 0.573. The fourth-order valence-corrected chi connectivity index (χ4v) is 3.70. The third-order valence-corrected chi connectivity index (χ3v) is 5.02. The number of hydrogen-bond acceptors (Lipinski definition) is 2. The number of ether oxygens (including phenoxy) is 2. The zero-order valence-corrected chi connectivity index (χ0v) is 15.2. The van der Waals surface area contributed by atoms with Gasteiger partial charge >= 0.3 is 0 Å². The SMILES string of the molecule is CCOc1cc(CCl)cc(Br)c1OC1CCCC(CC)C1. The second-order valence-electron chi connectivity index (χ2n) is 5.65. The largest absolute Gasteiger partial charge is 0.490 e. The lowest BCUT2D eigenvalue weighted by Gasteiger charge is -2.30. The lowest BCUT2D eigenvalue weighted by Crippen LogP contribution is -2.25. The van der Waals surface area contributed by atoms with Gasteiger partial charge in [-0.1, -0.05) is 19.8 Å². The lowest BCUT2D eigenvalue weighted by atomic mass is 9.85. The van der Waals surface area contributed by atoms with Crippen LogP contribution < -0.4 is 9.47 Å². The highest BCUT2D eigenvalue weighted by atomic mass is 79.9. The standard InChI is InChI=1S/C17H24BrClO2/c1-3-12-6-5-7-14(8-12)21-17-15(18)9-13(11-19)10-16(17)20-4-2/h9-10,12,14H,3-8,11H2,1-2H3. The Balaban J connectivity index is 2.17. The molecule has 2 rings (SSSR count). The molecule has 0 aromatic heterocycles. The van der Waals surface area contributed by atoms with Crippen LogP contribution in [0.2, 0.25) is 0 Å². The van der Waals surface area contributed by atoms with Crippen LogP contribution in [-0.4, -0.2) is 12.7 Å². The number of rotatable bonds is 6. The molecule has 1 fully saturated rings. The molecule has 1 saturated carbocycles. The van der Waals surface area contributed by atoms with E-state index in [-0.39, 0.29) is 0 Å². The molecule has 0 saturated heterocycles. The minimum absolute atomic E-state index is 0.293. The van der Waals surface area contributed by atoms with Crippen LogP contribution >= 0.6 is 27.5 Å². The van der Waals surface area contributed by atoms with Gasteiger partial charge in [-0.25, -0.2) is 0 Å². The molecule has 0 bridgehead atoms. The van der Waals surface area contributed by atoms with Crippen molar-refractivity contribution in [2.45, 2.75) is 57.9 Å². The van der Waals surface area contributed by atoms with E-state index in [2.05, 4.69) is 22.9 Å². The van der Waals surface area contributed by atoms with Gasteiger partial charge in [-0.2, -0.15) is 0 Å². The van der Waals surface area contributed by atoms with Crippen LogP contribution in [0.4, 0.5) is 0 Å². The first-order chi connectivity index (χ1) is 10.2. The lowest BCUT2D eigenvalue weighted by molar-refractivity contribution is 0.116. The van der Waals surface area contributed by atoms with Gasteiger partial charge in [0.1, 0.15) is 0 Å². The van der Waals surface area contributed by atoms with Crippen molar-refractivity contribution in [3.8, 4) is 11.5 Å². The molecule has 0 heterocycles. The van der Waals surface area contributed by atoms with Gasteiger partial charge in [0.25, 0.3) is 0 Å². The molecule has 4 heteroatoms. The minimum Gasteiger partial charge on any atom is -0.490 e. The predicted octanol–water partition coefficient (Wildman–Crippen LogP) is 5.93. The molecular weight excluding hydrogens is 352 g/mol. The highest BCUT2D eigenvalue weighted by molar-refractivity contribution is 9.10. The molecule has 0 aliphatic heterocycles. The monoisotopic (exact) mass is 374 g/mol. The van der Waals surface area contributed by atoms with Crippen LogP contribution in [0, 0.1) is 5.92 Å². The molecule has 21 heavy (non-hydrogen) atoms. The van der Waals surface area contributed by atoms with Crippen molar-refractivity contribution in [1.82, 2.24) is 0 Å². The summed E-state index contributed by atoms with van der Waals surface area (Å²) >= 11 is 9.54. The Hall–Kier alpha value is -0.410. The van der Waals surface area contributed by atoms with Crippen LogP contribution in [0.5, 0.6) is 11.5 Å². The molecule has 1 aliphatic rings. The molecular formula is C17H24BrClO2. The molecule has 2 nitrogen and oxygen atoms in total. The first kappa shape index (κ1) is 17.0. The smallest absolute Gasteiger partial charge is 0.175 e. The second-order valence-corrected chi connectivity index (χ2v) is 6.77. The fraction of sp³-hybridized carbons (Fsp3) is 0.647. The first-order valence-electron chi connectivity index (χ1n) is 7.85. The Bertz CT molecular complexity index is 464. The average molecular weight is 376 g/mol. The summed E-state index contributed by atoms with van der Waals surface area (Å²) in [5.41, 5.74) is 1.04. The van der Waals surface area contributed by atoms with Crippen LogP contribution in [0.15, 0.2) is 16.6 Å². The Kier molecular flexibility index (Phi) is 6.69. The van der Waals surface area contributed by atoms with E-state index >= 15 is 0 Å². The summed E-state index contributed by atoms with van der Waals surface area (Å²) < 4.78 is 13.0. The summed E-state index contributed by atoms with van der Waals surface area (Å²) in [4.78, 5) is 0. The Labute approximate surface area is 141 Å². The van der Waals surface area contributed by atoms with Gasteiger partial charge < -0.3 is 9.47 Å². The number of alkyl halides is 1. The van der Waals surface area contributed by atoms with Crippen molar-refractivity contribution in [3.63, 3.8) is 0 Å². The molecule has 1 aromatic rings. The van der Waals surface area contributed by atoms with Gasteiger partial charge in [-0.3, -0.25) is 0 Å². The van der Waals surface area contributed by atoms with Crippen molar-refractivity contribution in [1.29, 1.82) is 0 Å². The number of halogens is 2. The molecule has 0 spiro atoms. The highest BCUT2D eigenvalue weighted by Gasteiger charge is 2.24. The van der Waals surface area contributed by atoms with E-state index in [0.717, 1.165) is 40.3 Å². The number of benzene rings is 1. The van der Waals surface area contributed by atoms with Crippen LogP contribution in [-0.2, 0) is 5.88 Å². The molecule has 0 N–H and O–H groups in total. The molecule has 0 radical (unpaired) electrons. The maximum atomic E-state index is 6.29. The second kappa shape index (κ2) is 8.28. The molecule has 118 valence electrons. The van der Waals surface area contributed by atoms with E-state index in [0.29, 0.717) is 18.6 Å². The van der Waals surface area contributed by atoms with Gasteiger partial charge in [-0.05, 0) is 65.7 Å². The number of hydrogen-bond donors (Lipinski definition) is 0. The topological polar surface area (TPSA) is 18.5 Å². The normalized spacial score (nSPS) is 22.1. The predicted molar refractivity (Wildman–Crippen MR) is 91.5 cm³/mol. The average Bonchev–Trinajstić information content (AvgIpc) is 2.50. The van der Waals surface area contributed by atoms with E-state index in [1.165, 1.54) is 19.3 Å². The van der Waals surface area contributed by atoms with E-state index < -0.39 is 0 Å². The van der Waals surface area contributed by atoms with Crippen LogP contribution in [0.25, 0.3) is 0 Å². The van der Waals surface area contributed by atoms with Crippen molar-refractivity contribution < 1.29 is 9.47 Å². The zero-order chi connectivity index (χ0) is 15.2. The molecule has 0 amide bonds. The van der Waals surface area contributed by atoms with E-state index in [1.807, 2.05) is 19.1 Å². The molecule has 2 atom stereocenters. The minimum atomic E-state index is 0.293. The van der Waals surface area contributed by atoms with Crippen molar-refractivity contribution in [2.75, 3.05) is 6.61 Å². The molecule has 1 aliphatic carbocycles. The highest BCUT2D eigenvalue weighted by Crippen LogP contribution is 2.40. The summed E-state index contributed by atoms with van der Waals surface area (Å²) in [7, 11) is 0. The zero-order valence-electron chi connectivity index (χ0n) is 12.8. The van der Waals surface area contributed by atoms with Gasteiger partial charge in [0.2, 0.25) is 0 Å². The summed E-state index contributed by atoms with van der Waals surface area (Å²) in [5.74, 6) is 2.88. The van der Waals surface area contributed by atoms with Crippen molar-refractivity contribution in [2.24, 2.45) is 5.92 Å². The van der Waals surface area contributed by atoms with Gasteiger partial charge in [0, 0.05) is 5.88 Å². The van der Waals surface area contributed by atoms with Crippen LogP contribution in [0.1, 0.15) is 51.5 Å². The van der Waals surface area contributed by atoms with Crippen molar-refractivity contribution in [3.05, 3.63) is 22.2 Å². The van der Waals surface area contributed by atoms with Gasteiger partial charge in [0.15, 0.2) is 11.5 Å². The van der Waals surface area contributed by atoms with Gasteiger partial charge in [-0.15, -0.1) is 11.6 Å². The van der Waals surface area contributed by atoms with Crippen molar-refractivity contribution >= 4 is 27.5 Å². The Morgan fingerprint density at radius 3 is 2.76 bits per heavy atom. The summed E-state index contributed by atoms with van der Waals surface area (Å²) in [6.45, 7) is 4.87. The van der Waals surface area contributed by atoms with E-state index in [9.17, 15) is 0 Å². The summed E-state index contributed by atoms with van der Waals surface area (Å²) in [6, 6.07) is 4.00.